The molecule has 1 rings (SSSR count). The van der Waals surface area contributed by atoms with Crippen molar-refractivity contribution in [2.75, 3.05) is 31.3 Å². The van der Waals surface area contributed by atoms with E-state index in [1.807, 2.05) is 4.90 Å². The summed E-state index contributed by atoms with van der Waals surface area (Å²) in [5, 5.41) is 0. The number of amides is 1. The Morgan fingerprint density at radius 1 is 1.32 bits per heavy atom. The zero-order valence-corrected chi connectivity index (χ0v) is 13.0. The van der Waals surface area contributed by atoms with Crippen molar-refractivity contribution in [3.8, 4) is 0 Å². The number of carbonyl (C=O) groups excluding carboxylic acids is 1. The number of likely N-dealkylation sites (tertiary alicyclic amines) is 1. The van der Waals surface area contributed by atoms with E-state index < -0.39 is 10.0 Å². The zero-order chi connectivity index (χ0) is 14.3. The molecule has 112 valence electrons. The molecule has 1 unspecified atom stereocenters. The first-order chi connectivity index (χ1) is 8.94. The van der Waals surface area contributed by atoms with Crippen molar-refractivity contribution in [3.63, 3.8) is 0 Å². The van der Waals surface area contributed by atoms with Gasteiger partial charge in [-0.15, -0.1) is 11.6 Å². The van der Waals surface area contributed by atoms with Gasteiger partial charge in [0.15, 0.2) is 0 Å². The van der Waals surface area contributed by atoms with Gasteiger partial charge in [0.1, 0.15) is 0 Å². The maximum absolute atomic E-state index is 11.8. The maximum Gasteiger partial charge on any atom is 0.223 e. The van der Waals surface area contributed by atoms with Gasteiger partial charge in [0.25, 0.3) is 0 Å². The molecule has 0 radical (unpaired) electrons. The first kappa shape index (κ1) is 16.7. The average Bonchev–Trinajstić information content (AvgIpc) is 2.38. The number of sulfonamides is 1. The van der Waals surface area contributed by atoms with Crippen molar-refractivity contribution >= 4 is 27.5 Å². The highest BCUT2D eigenvalue weighted by molar-refractivity contribution is 7.89. The molecule has 0 aromatic heterocycles. The lowest BCUT2D eigenvalue weighted by Crippen LogP contribution is -2.38. The van der Waals surface area contributed by atoms with E-state index in [9.17, 15) is 13.2 Å². The molecule has 19 heavy (non-hydrogen) atoms. The Bertz CT molecular complexity index is 380. The number of halogens is 1. The van der Waals surface area contributed by atoms with E-state index in [0.717, 1.165) is 25.9 Å². The number of nitrogens with zero attached hydrogens (tertiary/aromatic N) is 1. The van der Waals surface area contributed by atoms with Crippen molar-refractivity contribution in [2.24, 2.45) is 5.92 Å². The number of hydrogen-bond acceptors (Lipinski definition) is 3. The lowest BCUT2D eigenvalue weighted by atomic mass is 10.1. The Morgan fingerprint density at radius 2 is 1.95 bits per heavy atom. The molecule has 0 aromatic rings. The van der Waals surface area contributed by atoms with E-state index in [4.69, 9.17) is 11.6 Å². The predicted octanol–water partition coefficient (Wildman–Crippen LogP) is 1.18. The molecule has 1 saturated heterocycles. The largest absolute Gasteiger partial charge is 0.343 e. The molecule has 1 heterocycles. The topological polar surface area (TPSA) is 66.5 Å². The van der Waals surface area contributed by atoms with Crippen LogP contribution in [0.1, 0.15) is 32.6 Å². The number of hydrogen-bond donors (Lipinski definition) is 1. The fraction of sp³-hybridized carbons (Fsp3) is 0.917. The summed E-state index contributed by atoms with van der Waals surface area (Å²) in [7, 11) is -3.32. The van der Waals surface area contributed by atoms with E-state index in [2.05, 4.69) is 4.72 Å². The number of nitrogens with one attached hydrogen (secondary N) is 1. The standard InChI is InChI=1S/C12H23ClN2O3S/c1-11(9-13)10-19(17,18)14-6-5-12(16)15-7-3-2-4-8-15/h11,14H,2-10H2,1H3. The number of piperidine rings is 1. The molecule has 1 N–H and O–H groups in total. The molecule has 0 bridgehead atoms. The quantitative estimate of drug-likeness (QED) is 0.718. The monoisotopic (exact) mass is 310 g/mol. The lowest BCUT2D eigenvalue weighted by Gasteiger charge is -2.26. The Morgan fingerprint density at radius 3 is 2.53 bits per heavy atom. The first-order valence-corrected chi connectivity index (χ1v) is 8.94. The van der Waals surface area contributed by atoms with Crippen LogP contribution in [-0.2, 0) is 14.8 Å². The summed E-state index contributed by atoms with van der Waals surface area (Å²) in [5.41, 5.74) is 0. The van der Waals surface area contributed by atoms with Gasteiger partial charge in [0, 0.05) is 31.9 Å². The highest BCUT2D eigenvalue weighted by atomic mass is 35.5. The average molecular weight is 311 g/mol. The van der Waals surface area contributed by atoms with Crippen LogP contribution in [0.2, 0.25) is 0 Å². The van der Waals surface area contributed by atoms with Crippen LogP contribution in [0.5, 0.6) is 0 Å². The van der Waals surface area contributed by atoms with Gasteiger partial charge >= 0.3 is 0 Å². The molecule has 5 nitrogen and oxygen atoms in total. The molecule has 0 saturated carbocycles. The predicted molar refractivity (Wildman–Crippen MR) is 76.7 cm³/mol. The van der Waals surface area contributed by atoms with Crippen LogP contribution in [-0.4, -0.2) is 50.5 Å². The highest BCUT2D eigenvalue weighted by Gasteiger charge is 2.18. The summed E-state index contributed by atoms with van der Waals surface area (Å²) in [5.74, 6) is 0.270. The van der Waals surface area contributed by atoms with Crippen LogP contribution in [0.3, 0.4) is 0 Å². The molecule has 1 aliphatic heterocycles. The third kappa shape index (κ3) is 6.58. The minimum atomic E-state index is -3.32. The van der Waals surface area contributed by atoms with Gasteiger partial charge in [-0.05, 0) is 25.2 Å². The minimum absolute atomic E-state index is 0.00834. The number of carbonyl (C=O) groups is 1. The van der Waals surface area contributed by atoms with Crippen LogP contribution < -0.4 is 4.72 Å². The second-order valence-corrected chi connectivity index (χ2v) is 7.29. The second kappa shape index (κ2) is 8.07. The van der Waals surface area contributed by atoms with Gasteiger partial charge in [-0.2, -0.15) is 0 Å². The van der Waals surface area contributed by atoms with Crippen LogP contribution in [0.15, 0.2) is 0 Å². The summed E-state index contributed by atoms with van der Waals surface area (Å²) in [6.07, 6.45) is 3.50. The Balaban J connectivity index is 2.27. The molecule has 0 aliphatic carbocycles. The Labute approximate surface area is 120 Å². The lowest BCUT2D eigenvalue weighted by molar-refractivity contribution is -0.131. The van der Waals surface area contributed by atoms with E-state index in [0.29, 0.717) is 5.88 Å². The van der Waals surface area contributed by atoms with E-state index in [1.165, 1.54) is 6.42 Å². The van der Waals surface area contributed by atoms with Gasteiger partial charge in [0.2, 0.25) is 15.9 Å². The molecule has 1 aliphatic rings. The third-order valence-electron chi connectivity index (χ3n) is 3.14. The summed E-state index contributed by atoms with van der Waals surface area (Å²) < 4.78 is 25.8. The van der Waals surface area contributed by atoms with E-state index >= 15 is 0 Å². The molecular formula is C12H23ClN2O3S. The third-order valence-corrected chi connectivity index (χ3v) is 5.32. The Hall–Kier alpha value is -0.330. The van der Waals surface area contributed by atoms with Gasteiger partial charge in [-0.3, -0.25) is 4.79 Å². The SMILES string of the molecule is CC(CCl)CS(=O)(=O)NCCC(=O)N1CCCCC1. The van der Waals surface area contributed by atoms with Gasteiger partial charge < -0.3 is 4.90 Å². The Kier molecular flexibility index (Phi) is 7.10. The van der Waals surface area contributed by atoms with Crippen molar-refractivity contribution < 1.29 is 13.2 Å². The molecule has 0 aromatic carbocycles. The molecule has 1 fully saturated rings. The first-order valence-electron chi connectivity index (χ1n) is 6.75. The van der Waals surface area contributed by atoms with Gasteiger partial charge in [-0.1, -0.05) is 6.92 Å². The maximum atomic E-state index is 11.8. The summed E-state index contributed by atoms with van der Waals surface area (Å²) >= 11 is 5.59. The fourth-order valence-corrected chi connectivity index (χ4v) is 3.73. The van der Waals surface area contributed by atoms with Crippen LogP contribution in [0, 0.1) is 5.92 Å². The smallest absolute Gasteiger partial charge is 0.223 e. The van der Waals surface area contributed by atoms with E-state index in [-0.39, 0.29) is 30.5 Å². The highest BCUT2D eigenvalue weighted by Crippen LogP contribution is 2.09. The number of rotatable bonds is 7. The minimum Gasteiger partial charge on any atom is -0.343 e. The molecule has 0 spiro atoms. The summed E-state index contributed by atoms with van der Waals surface area (Å²) in [4.78, 5) is 13.7. The molecule has 7 heteroatoms. The number of alkyl halides is 1. The molecule has 1 amide bonds. The molecular weight excluding hydrogens is 288 g/mol. The normalized spacial score (nSPS) is 18.3. The van der Waals surface area contributed by atoms with Crippen molar-refractivity contribution in [1.82, 2.24) is 9.62 Å². The van der Waals surface area contributed by atoms with Crippen molar-refractivity contribution in [3.05, 3.63) is 0 Å². The van der Waals surface area contributed by atoms with Crippen LogP contribution in [0.25, 0.3) is 0 Å². The van der Waals surface area contributed by atoms with Gasteiger partial charge in [-0.25, -0.2) is 13.1 Å². The van der Waals surface area contributed by atoms with Crippen molar-refractivity contribution in [1.29, 1.82) is 0 Å². The summed E-state index contributed by atoms with van der Waals surface area (Å²) in [6.45, 7) is 3.56. The molecule has 1 atom stereocenters. The second-order valence-electron chi connectivity index (χ2n) is 5.13. The van der Waals surface area contributed by atoms with Crippen molar-refractivity contribution in [2.45, 2.75) is 32.6 Å². The van der Waals surface area contributed by atoms with E-state index in [1.54, 1.807) is 6.92 Å². The summed E-state index contributed by atoms with van der Waals surface area (Å²) in [6, 6.07) is 0. The van der Waals surface area contributed by atoms with Gasteiger partial charge in [0.05, 0.1) is 5.75 Å². The van der Waals surface area contributed by atoms with Crippen LogP contribution >= 0.6 is 11.6 Å². The fourth-order valence-electron chi connectivity index (χ4n) is 2.09. The zero-order valence-electron chi connectivity index (χ0n) is 11.4. The van der Waals surface area contributed by atoms with Crippen LogP contribution in [0.4, 0.5) is 0 Å².